The fourth-order valence-electron chi connectivity index (χ4n) is 2.51. The molecule has 0 aliphatic rings. The molecule has 0 aromatic heterocycles. The number of hydrogen-bond acceptors (Lipinski definition) is 3. The minimum absolute atomic E-state index is 0. The van der Waals surface area contributed by atoms with Crippen LogP contribution in [0.4, 0.5) is 5.69 Å². The minimum Gasteiger partial charge on any atom is -0.325 e. The number of hydrogen-bond donors (Lipinski definition) is 2. The Labute approximate surface area is 147 Å². The van der Waals surface area contributed by atoms with E-state index in [-0.39, 0.29) is 29.8 Å². The van der Waals surface area contributed by atoms with Gasteiger partial charge in [0.25, 0.3) is 0 Å². The summed E-state index contributed by atoms with van der Waals surface area (Å²) >= 11 is 0. The maximum atomic E-state index is 12.2. The molecule has 0 heterocycles. The maximum Gasteiger partial charge on any atom is 0.241 e. The van der Waals surface area contributed by atoms with Crippen LogP contribution in [-0.2, 0) is 11.2 Å². The molecular weight excluding hydrogens is 310 g/mol. The Bertz CT molecular complexity index is 472. The number of nitrogens with one attached hydrogen (secondary N) is 2. The second-order valence-corrected chi connectivity index (χ2v) is 7.04. The highest BCUT2D eigenvalue weighted by molar-refractivity contribution is 5.94. The van der Waals surface area contributed by atoms with Crippen LogP contribution in [0.15, 0.2) is 24.3 Å². The van der Waals surface area contributed by atoms with Gasteiger partial charge in [-0.1, -0.05) is 32.9 Å². The topological polar surface area (TPSA) is 44.4 Å². The van der Waals surface area contributed by atoms with Crippen LogP contribution in [0.3, 0.4) is 0 Å². The van der Waals surface area contributed by atoms with Crippen molar-refractivity contribution in [2.24, 2.45) is 5.41 Å². The molecule has 0 saturated heterocycles. The van der Waals surface area contributed by atoms with Crippen LogP contribution < -0.4 is 10.6 Å². The number of benzene rings is 1. The molecule has 1 aromatic rings. The number of amides is 1. The summed E-state index contributed by atoms with van der Waals surface area (Å²) in [6.45, 7) is 10.2. The second-order valence-electron chi connectivity index (χ2n) is 7.04. The molecule has 0 aliphatic heterocycles. The zero-order valence-corrected chi connectivity index (χ0v) is 16.1. The highest BCUT2D eigenvalue weighted by Gasteiger charge is 2.21. The number of halogens is 1. The first-order valence-electron chi connectivity index (χ1n) is 8.01. The van der Waals surface area contributed by atoms with Gasteiger partial charge in [0.15, 0.2) is 0 Å². The van der Waals surface area contributed by atoms with E-state index in [4.69, 9.17) is 0 Å². The number of aryl methyl sites for hydroxylation is 1. The number of rotatable bonds is 8. The number of nitrogens with zero attached hydrogens (tertiary/aromatic N) is 1. The summed E-state index contributed by atoms with van der Waals surface area (Å²) in [7, 11) is 4.13. The maximum absolute atomic E-state index is 12.2. The van der Waals surface area contributed by atoms with Gasteiger partial charge in [0, 0.05) is 18.8 Å². The van der Waals surface area contributed by atoms with Crippen molar-refractivity contribution in [1.82, 2.24) is 10.2 Å². The Kier molecular flexibility index (Phi) is 9.44. The van der Waals surface area contributed by atoms with Gasteiger partial charge in [-0.2, -0.15) is 0 Å². The van der Waals surface area contributed by atoms with Gasteiger partial charge in [0.1, 0.15) is 0 Å². The van der Waals surface area contributed by atoms with Gasteiger partial charge in [0.05, 0.1) is 6.04 Å². The number of carbonyl (C=O) groups is 1. The van der Waals surface area contributed by atoms with Crippen molar-refractivity contribution in [1.29, 1.82) is 0 Å². The van der Waals surface area contributed by atoms with Crippen LogP contribution in [0.2, 0.25) is 0 Å². The Morgan fingerprint density at radius 3 is 2.26 bits per heavy atom. The van der Waals surface area contributed by atoms with Gasteiger partial charge < -0.3 is 15.5 Å². The van der Waals surface area contributed by atoms with Crippen molar-refractivity contribution >= 4 is 24.0 Å². The molecule has 2 N–H and O–H groups in total. The van der Waals surface area contributed by atoms with Gasteiger partial charge in [-0.15, -0.1) is 12.4 Å². The van der Waals surface area contributed by atoms with Crippen molar-refractivity contribution in [2.75, 3.05) is 32.5 Å². The van der Waals surface area contributed by atoms with Crippen molar-refractivity contribution in [3.8, 4) is 0 Å². The average molecular weight is 342 g/mol. The summed E-state index contributed by atoms with van der Waals surface area (Å²) in [6.07, 6.45) is 1.01. The van der Waals surface area contributed by atoms with Crippen LogP contribution in [0.5, 0.6) is 0 Å². The van der Waals surface area contributed by atoms with E-state index in [1.807, 2.05) is 31.2 Å². The first-order chi connectivity index (χ1) is 10.2. The fraction of sp³-hybridized carbons (Fsp3) is 0.611. The van der Waals surface area contributed by atoms with Gasteiger partial charge in [-0.3, -0.25) is 4.79 Å². The Morgan fingerprint density at radius 2 is 1.78 bits per heavy atom. The molecule has 0 aliphatic carbocycles. The lowest BCUT2D eigenvalue weighted by Gasteiger charge is -2.29. The SMILES string of the molecule is CCc1ccc(NC(=O)C(C)NCC(C)(C)CN(C)C)cc1.Cl. The number of anilines is 1. The normalized spacial score (nSPS) is 12.7. The minimum atomic E-state index is -0.215. The third-order valence-corrected chi connectivity index (χ3v) is 3.65. The van der Waals surface area contributed by atoms with Crippen molar-refractivity contribution in [2.45, 2.75) is 40.2 Å². The van der Waals surface area contributed by atoms with E-state index in [1.165, 1.54) is 5.56 Å². The molecule has 4 nitrogen and oxygen atoms in total. The predicted octanol–water partition coefficient (Wildman–Crippen LogP) is 3.18. The largest absolute Gasteiger partial charge is 0.325 e. The molecule has 0 bridgehead atoms. The van der Waals surface area contributed by atoms with Gasteiger partial charge in [0.2, 0.25) is 5.91 Å². The molecule has 1 unspecified atom stereocenters. The van der Waals surface area contributed by atoms with Crippen molar-refractivity contribution in [3.63, 3.8) is 0 Å². The van der Waals surface area contributed by atoms with Crippen molar-refractivity contribution < 1.29 is 4.79 Å². The third-order valence-electron chi connectivity index (χ3n) is 3.65. The molecular formula is C18H32ClN3O. The van der Waals surface area contributed by atoms with Crippen LogP contribution in [0.1, 0.15) is 33.3 Å². The summed E-state index contributed by atoms with van der Waals surface area (Å²) in [5.41, 5.74) is 2.25. The molecule has 1 aromatic carbocycles. The Balaban J connectivity index is 0.00000484. The van der Waals surface area contributed by atoms with E-state index in [2.05, 4.69) is 50.4 Å². The molecule has 0 saturated carbocycles. The fourth-order valence-corrected chi connectivity index (χ4v) is 2.51. The van der Waals surface area contributed by atoms with Crippen molar-refractivity contribution in [3.05, 3.63) is 29.8 Å². The standard InChI is InChI=1S/C18H31N3O.ClH/c1-7-15-8-10-16(11-9-15)20-17(22)14(2)19-12-18(3,4)13-21(5)6;/h8-11,14,19H,7,12-13H2,1-6H3,(H,20,22);1H. The van der Waals surface area contributed by atoms with Crippen LogP contribution in [0.25, 0.3) is 0 Å². The van der Waals surface area contributed by atoms with E-state index in [0.717, 1.165) is 25.2 Å². The van der Waals surface area contributed by atoms with Gasteiger partial charge in [-0.25, -0.2) is 0 Å². The Morgan fingerprint density at radius 1 is 1.22 bits per heavy atom. The quantitative estimate of drug-likeness (QED) is 0.763. The first kappa shape index (κ1) is 21.9. The lowest BCUT2D eigenvalue weighted by atomic mass is 9.92. The van der Waals surface area contributed by atoms with E-state index in [0.29, 0.717) is 0 Å². The Hall–Kier alpha value is -1.10. The molecule has 1 amide bonds. The molecule has 5 heteroatoms. The van der Waals surface area contributed by atoms with Crippen LogP contribution in [-0.4, -0.2) is 44.0 Å². The van der Waals surface area contributed by atoms with Gasteiger partial charge >= 0.3 is 0 Å². The molecule has 1 rings (SSSR count). The first-order valence-corrected chi connectivity index (χ1v) is 8.01. The third kappa shape index (κ3) is 8.35. The van der Waals surface area contributed by atoms with E-state index in [1.54, 1.807) is 0 Å². The molecule has 0 fully saturated rings. The highest BCUT2D eigenvalue weighted by atomic mass is 35.5. The summed E-state index contributed by atoms with van der Waals surface area (Å²) in [6, 6.07) is 7.80. The molecule has 0 spiro atoms. The van der Waals surface area contributed by atoms with Crippen LogP contribution in [0, 0.1) is 5.41 Å². The predicted molar refractivity (Wildman–Crippen MR) is 101 cm³/mol. The lowest BCUT2D eigenvalue weighted by Crippen LogP contribution is -2.45. The number of carbonyl (C=O) groups excluding carboxylic acids is 1. The smallest absolute Gasteiger partial charge is 0.241 e. The lowest BCUT2D eigenvalue weighted by molar-refractivity contribution is -0.117. The molecule has 0 radical (unpaired) electrons. The van der Waals surface area contributed by atoms with E-state index < -0.39 is 0 Å². The zero-order valence-electron chi connectivity index (χ0n) is 15.3. The molecule has 132 valence electrons. The summed E-state index contributed by atoms with van der Waals surface area (Å²) < 4.78 is 0. The highest BCUT2D eigenvalue weighted by Crippen LogP contribution is 2.15. The van der Waals surface area contributed by atoms with E-state index in [9.17, 15) is 4.79 Å². The van der Waals surface area contributed by atoms with E-state index >= 15 is 0 Å². The molecule has 23 heavy (non-hydrogen) atoms. The summed E-state index contributed by atoms with van der Waals surface area (Å²) in [4.78, 5) is 14.4. The average Bonchev–Trinajstić information content (AvgIpc) is 2.44. The monoisotopic (exact) mass is 341 g/mol. The second kappa shape index (κ2) is 9.91. The summed E-state index contributed by atoms with van der Waals surface area (Å²) in [5, 5.41) is 6.29. The summed E-state index contributed by atoms with van der Waals surface area (Å²) in [5.74, 6) is 0.00454. The molecule has 1 atom stereocenters. The zero-order chi connectivity index (χ0) is 16.8. The van der Waals surface area contributed by atoms with Gasteiger partial charge in [-0.05, 0) is 50.6 Å². The van der Waals surface area contributed by atoms with Crippen LogP contribution >= 0.6 is 12.4 Å².